The first-order valence-corrected chi connectivity index (χ1v) is 5.76. The van der Waals surface area contributed by atoms with Crippen molar-refractivity contribution in [3.63, 3.8) is 0 Å². The van der Waals surface area contributed by atoms with Gasteiger partial charge in [0.1, 0.15) is 23.2 Å². The standard InChI is InChI=1S/C13H7ClF2N2O/c14-8-4-10-11(5-9(8)16)18-13(17-10)7-3-6(15)1-2-12(7)19/h1-5,19H,(H,17,18). The Morgan fingerprint density at radius 3 is 2.74 bits per heavy atom. The van der Waals surface area contributed by atoms with E-state index in [0.29, 0.717) is 11.0 Å². The van der Waals surface area contributed by atoms with Crippen LogP contribution >= 0.6 is 11.6 Å². The second kappa shape index (κ2) is 4.20. The number of fused-ring (bicyclic) bond motifs is 1. The molecule has 3 aromatic rings. The molecule has 0 aliphatic heterocycles. The molecule has 0 unspecified atom stereocenters. The molecule has 3 rings (SSSR count). The molecule has 1 aromatic heterocycles. The SMILES string of the molecule is Oc1ccc(F)cc1-c1nc2cc(Cl)c(F)cc2[nH]1. The van der Waals surface area contributed by atoms with Gasteiger partial charge in [-0.2, -0.15) is 0 Å². The van der Waals surface area contributed by atoms with E-state index < -0.39 is 11.6 Å². The predicted molar refractivity (Wildman–Crippen MR) is 68.1 cm³/mol. The highest BCUT2D eigenvalue weighted by Gasteiger charge is 2.12. The number of hydrogen-bond donors (Lipinski definition) is 2. The van der Waals surface area contributed by atoms with Crippen molar-refractivity contribution in [2.75, 3.05) is 0 Å². The van der Waals surface area contributed by atoms with E-state index in [4.69, 9.17) is 11.6 Å². The molecule has 0 aliphatic carbocycles. The van der Waals surface area contributed by atoms with E-state index in [9.17, 15) is 13.9 Å². The molecule has 1 heterocycles. The summed E-state index contributed by atoms with van der Waals surface area (Å²) in [5.74, 6) is -0.953. The molecule has 6 heteroatoms. The van der Waals surface area contributed by atoms with Gasteiger partial charge in [0.05, 0.1) is 21.6 Å². The monoisotopic (exact) mass is 280 g/mol. The lowest BCUT2D eigenvalue weighted by Crippen LogP contribution is -1.83. The van der Waals surface area contributed by atoms with Crippen molar-refractivity contribution < 1.29 is 13.9 Å². The Balaban J connectivity index is 2.23. The summed E-state index contributed by atoms with van der Waals surface area (Å²) < 4.78 is 26.5. The predicted octanol–water partition coefficient (Wildman–Crippen LogP) is 3.87. The molecule has 0 atom stereocenters. The first-order chi connectivity index (χ1) is 9.04. The molecule has 0 amide bonds. The minimum absolute atomic E-state index is 0.0472. The largest absolute Gasteiger partial charge is 0.507 e. The van der Waals surface area contributed by atoms with Crippen LogP contribution < -0.4 is 0 Å². The Bertz CT molecular complexity index is 747. The average Bonchev–Trinajstić information content (AvgIpc) is 2.75. The van der Waals surface area contributed by atoms with Crippen LogP contribution in [0.25, 0.3) is 22.4 Å². The smallest absolute Gasteiger partial charge is 0.144 e. The van der Waals surface area contributed by atoms with Gasteiger partial charge >= 0.3 is 0 Å². The first-order valence-electron chi connectivity index (χ1n) is 5.38. The van der Waals surface area contributed by atoms with Crippen molar-refractivity contribution in [2.24, 2.45) is 0 Å². The fourth-order valence-corrected chi connectivity index (χ4v) is 1.99. The van der Waals surface area contributed by atoms with Crippen molar-refractivity contribution in [1.82, 2.24) is 9.97 Å². The summed E-state index contributed by atoms with van der Waals surface area (Å²) in [5, 5.41) is 9.65. The molecule has 96 valence electrons. The maximum atomic E-state index is 13.3. The van der Waals surface area contributed by atoms with Gasteiger partial charge in [-0.05, 0) is 24.3 Å². The highest BCUT2D eigenvalue weighted by molar-refractivity contribution is 6.31. The van der Waals surface area contributed by atoms with Crippen LogP contribution in [0.5, 0.6) is 5.75 Å². The number of imidazole rings is 1. The molecule has 0 aliphatic rings. The van der Waals surface area contributed by atoms with Gasteiger partial charge in [0, 0.05) is 6.07 Å². The summed E-state index contributed by atoms with van der Waals surface area (Å²) in [7, 11) is 0. The van der Waals surface area contributed by atoms with Crippen molar-refractivity contribution in [1.29, 1.82) is 0 Å². The van der Waals surface area contributed by atoms with Crippen LogP contribution in [0.2, 0.25) is 5.02 Å². The Morgan fingerprint density at radius 2 is 1.95 bits per heavy atom. The van der Waals surface area contributed by atoms with Gasteiger partial charge in [-0.3, -0.25) is 0 Å². The molecule has 19 heavy (non-hydrogen) atoms. The minimum Gasteiger partial charge on any atom is -0.507 e. The van der Waals surface area contributed by atoms with Crippen LogP contribution in [0, 0.1) is 11.6 Å². The lowest BCUT2D eigenvalue weighted by molar-refractivity contribution is 0.475. The van der Waals surface area contributed by atoms with Crippen molar-refractivity contribution >= 4 is 22.6 Å². The van der Waals surface area contributed by atoms with E-state index in [2.05, 4.69) is 9.97 Å². The Kier molecular flexibility index (Phi) is 2.64. The second-order valence-electron chi connectivity index (χ2n) is 4.03. The zero-order chi connectivity index (χ0) is 13.6. The summed E-state index contributed by atoms with van der Waals surface area (Å²) in [6.07, 6.45) is 0. The number of halogens is 3. The number of benzene rings is 2. The molecule has 0 spiro atoms. The van der Waals surface area contributed by atoms with Crippen molar-refractivity contribution in [2.45, 2.75) is 0 Å². The van der Waals surface area contributed by atoms with E-state index in [-0.39, 0.29) is 22.2 Å². The van der Waals surface area contributed by atoms with Crippen molar-refractivity contribution in [3.8, 4) is 17.1 Å². The summed E-state index contributed by atoms with van der Waals surface area (Å²) in [6, 6.07) is 6.07. The zero-order valence-electron chi connectivity index (χ0n) is 9.42. The average molecular weight is 281 g/mol. The van der Waals surface area contributed by atoms with Gasteiger partial charge in [-0.25, -0.2) is 13.8 Å². The molecule has 2 aromatic carbocycles. The second-order valence-corrected chi connectivity index (χ2v) is 4.44. The maximum absolute atomic E-state index is 13.3. The highest BCUT2D eigenvalue weighted by Crippen LogP contribution is 2.30. The zero-order valence-corrected chi connectivity index (χ0v) is 10.2. The number of rotatable bonds is 1. The van der Waals surface area contributed by atoms with Crippen LogP contribution in [-0.4, -0.2) is 15.1 Å². The van der Waals surface area contributed by atoms with E-state index in [1.807, 2.05) is 0 Å². The molecule has 0 fully saturated rings. The third kappa shape index (κ3) is 2.02. The van der Waals surface area contributed by atoms with Gasteiger partial charge < -0.3 is 10.1 Å². The number of nitrogens with one attached hydrogen (secondary N) is 1. The Hall–Kier alpha value is -2.14. The maximum Gasteiger partial charge on any atom is 0.144 e. The summed E-state index contributed by atoms with van der Waals surface area (Å²) >= 11 is 5.66. The number of H-pyrrole nitrogens is 1. The van der Waals surface area contributed by atoms with Gasteiger partial charge in [-0.1, -0.05) is 11.6 Å². The summed E-state index contributed by atoms with van der Waals surface area (Å²) in [6.45, 7) is 0. The molecule has 0 saturated heterocycles. The molecule has 0 bridgehead atoms. The number of hydrogen-bond acceptors (Lipinski definition) is 2. The van der Waals surface area contributed by atoms with E-state index in [1.54, 1.807) is 0 Å². The molecule has 3 nitrogen and oxygen atoms in total. The molecule has 0 saturated carbocycles. The fourth-order valence-electron chi connectivity index (χ4n) is 1.83. The van der Waals surface area contributed by atoms with Crippen LogP contribution in [0.15, 0.2) is 30.3 Å². The van der Waals surface area contributed by atoms with E-state index in [0.717, 1.165) is 12.1 Å². The fraction of sp³-hybridized carbons (Fsp3) is 0. The lowest BCUT2D eigenvalue weighted by Gasteiger charge is -2.00. The number of aromatic nitrogens is 2. The Labute approximate surface area is 111 Å². The quantitative estimate of drug-likeness (QED) is 0.711. The third-order valence-electron chi connectivity index (χ3n) is 2.74. The van der Waals surface area contributed by atoms with Gasteiger partial charge in [0.15, 0.2) is 0 Å². The van der Waals surface area contributed by atoms with Gasteiger partial charge in [-0.15, -0.1) is 0 Å². The minimum atomic E-state index is -0.576. The van der Waals surface area contributed by atoms with E-state index in [1.165, 1.54) is 18.2 Å². The topological polar surface area (TPSA) is 48.9 Å². The Morgan fingerprint density at radius 1 is 1.16 bits per heavy atom. The normalized spacial score (nSPS) is 11.1. The number of aromatic amines is 1. The van der Waals surface area contributed by atoms with Crippen LogP contribution in [0.3, 0.4) is 0 Å². The molecule has 0 radical (unpaired) electrons. The number of aromatic hydroxyl groups is 1. The number of nitrogens with zero attached hydrogens (tertiary/aromatic N) is 1. The molecular weight excluding hydrogens is 274 g/mol. The number of phenols is 1. The van der Waals surface area contributed by atoms with Crippen LogP contribution in [-0.2, 0) is 0 Å². The number of phenolic OH excluding ortho intramolecular Hbond substituents is 1. The van der Waals surface area contributed by atoms with Crippen molar-refractivity contribution in [3.05, 3.63) is 47.0 Å². The first kappa shape index (κ1) is 11.9. The molecular formula is C13H7ClF2N2O. The molecule has 2 N–H and O–H groups in total. The van der Waals surface area contributed by atoms with Crippen LogP contribution in [0.1, 0.15) is 0 Å². The lowest BCUT2D eigenvalue weighted by atomic mass is 10.2. The van der Waals surface area contributed by atoms with Gasteiger partial charge in [0.25, 0.3) is 0 Å². The highest BCUT2D eigenvalue weighted by atomic mass is 35.5. The third-order valence-corrected chi connectivity index (χ3v) is 3.03. The van der Waals surface area contributed by atoms with E-state index >= 15 is 0 Å². The van der Waals surface area contributed by atoms with Gasteiger partial charge in [0.2, 0.25) is 0 Å². The summed E-state index contributed by atoms with van der Waals surface area (Å²) in [4.78, 5) is 6.97. The summed E-state index contributed by atoms with van der Waals surface area (Å²) in [5.41, 5.74) is 1.05. The van der Waals surface area contributed by atoms with Crippen LogP contribution in [0.4, 0.5) is 8.78 Å².